The number of rotatable bonds is 12. The molecule has 0 aliphatic heterocycles. The minimum atomic E-state index is -0.309. The fraction of sp³-hybridized carbons (Fsp3) is 0.941. The SMILES string of the molecule is CCCCCCCC(C)(C)C(=O)OCCCCCC. The van der Waals surface area contributed by atoms with Crippen LogP contribution in [0.25, 0.3) is 0 Å². The molecule has 0 aromatic heterocycles. The predicted molar refractivity (Wildman–Crippen MR) is 82.3 cm³/mol. The molecule has 0 fully saturated rings. The molecule has 2 heteroatoms. The fourth-order valence-corrected chi connectivity index (χ4v) is 2.16. The topological polar surface area (TPSA) is 26.3 Å². The molecule has 0 aliphatic carbocycles. The van der Waals surface area contributed by atoms with Gasteiger partial charge in [0.15, 0.2) is 0 Å². The van der Waals surface area contributed by atoms with E-state index in [0.29, 0.717) is 6.61 Å². The van der Waals surface area contributed by atoms with Gasteiger partial charge in [0.2, 0.25) is 0 Å². The van der Waals surface area contributed by atoms with E-state index in [4.69, 9.17) is 4.74 Å². The van der Waals surface area contributed by atoms with Crippen molar-refractivity contribution in [1.82, 2.24) is 0 Å². The van der Waals surface area contributed by atoms with Crippen molar-refractivity contribution in [3.63, 3.8) is 0 Å². The molecule has 0 N–H and O–H groups in total. The summed E-state index contributed by atoms with van der Waals surface area (Å²) >= 11 is 0. The summed E-state index contributed by atoms with van der Waals surface area (Å²) in [6.07, 6.45) is 11.8. The first-order valence-corrected chi connectivity index (χ1v) is 8.21. The molecule has 0 saturated heterocycles. The number of esters is 1. The van der Waals surface area contributed by atoms with E-state index in [0.717, 1.165) is 19.3 Å². The maximum atomic E-state index is 12.0. The quantitative estimate of drug-likeness (QED) is 0.346. The average molecular weight is 270 g/mol. The van der Waals surface area contributed by atoms with Gasteiger partial charge in [0.1, 0.15) is 0 Å². The lowest BCUT2D eigenvalue weighted by Gasteiger charge is -2.22. The smallest absolute Gasteiger partial charge is 0.311 e. The lowest BCUT2D eigenvalue weighted by atomic mass is 9.87. The summed E-state index contributed by atoms with van der Waals surface area (Å²) in [5.41, 5.74) is -0.309. The van der Waals surface area contributed by atoms with Crippen LogP contribution < -0.4 is 0 Å². The van der Waals surface area contributed by atoms with Crippen LogP contribution in [0, 0.1) is 5.41 Å². The van der Waals surface area contributed by atoms with Gasteiger partial charge in [-0.3, -0.25) is 4.79 Å². The Kier molecular flexibility index (Phi) is 11.0. The van der Waals surface area contributed by atoms with E-state index in [1.165, 1.54) is 44.9 Å². The zero-order valence-corrected chi connectivity index (χ0v) is 13.6. The van der Waals surface area contributed by atoms with Crippen LogP contribution in [0.4, 0.5) is 0 Å². The maximum absolute atomic E-state index is 12.0. The summed E-state index contributed by atoms with van der Waals surface area (Å²) in [6, 6.07) is 0. The van der Waals surface area contributed by atoms with Gasteiger partial charge in [-0.2, -0.15) is 0 Å². The molecule has 114 valence electrons. The lowest BCUT2D eigenvalue weighted by molar-refractivity contribution is -0.154. The van der Waals surface area contributed by atoms with Crippen LogP contribution in [-0.2, 0) is 9.53 Å². The molecule has 0 aromatic rings. The lowest BCUT2D eigenvalue weighted by Crippen LogP contribution is -2.27. The largest absolute Gasteiger partial charge is 0.465 e. The third-order valence-corrected chi connectivity index (χ3v) is 3.69. The molecule has 0 atom stereocenters. The highest BCUT2D eigenvalue weighted by Gasteiger charge is 2.28. The molecule has 2 nitrogen and oxygen atoms in total. The van der Waals surface area contributed by atoms with Crippen LogP contribution in [0.15, 0.2) is 0 Å². The molecule has 0 rings (SSSR count). The van der Waals surface area contributed by atoms with Gasteiger partial charge in [0, 0.05) is 0 Å². The van der Waals surface area contributed by atoms with Crippen LogP contribution in [0.2, 0.25) is 0 Å². The van der Waals surface area contributed by atoms with Crippen LogP contribution in [0.5, 0.6) is 0 Å². The van der Waals surface area contributed by atoms with E-state index in [1.54, 1.807) is 0 Å². The monoisotopic (exact) mass is 270 g/mol. The number of carbonyl (C=O) groups is 1. The molecule has 0 saturated carbocycles. The summed E-state index contributed by atoms with van der Waals surface area (Å²) in [6.45, 7) is 9.04. The van der Waals surface area contributed by atoms with Crippen molar-refractivity contribution < 1.29 is 9.53 Å². The van der Waals surface area contributed by atoms with E-state index in [2.05, 4.69) is 13.8 Å². The normalized spacial score (nSPS) is 11.6. The van der Waals surface area contributed by atoms with Crippen molar-refractivity contribution in [2.24, 2.45) is 5.41 Å². The Balaban J connectivity index is 3.68. The van der Waals surface area contributed by atoms with E-state index in [1.807, 2.05) is 13.8 Å². The van der Waals surface area contributed by atoms with Gasteiger partial charge in [-0.05, 0) is 26.7 Å². The van der Waals surface area contributed by atoms with Crippen molar-refractivity contribution in [2.45, 2.75) is 91.9 Å². The van der Waals surface area contributed by atoms with Crippen molar-refractivity contribution in [3.05, 3.63) is 0 Å². The zero-order valence-electron chi connectivity index (χ0n) is 13.6. The summed E-state index contributed by atoms with van der Waals surface area (Å²) < 4.78 is 5.39. The zero-order chi connectivity index (χ0) is 14.6. The summed E-state index contributed by atoms with van der Waals surface area (Å²) in [5, 5.41) is 0. The molecule has 0 spiro atoms. The second kappa shape index (κ2) is 11.3. The number of hydrogen-bond donors (Lipinski definition) is 0. The number of unbranched alkanes of at least 4 members (excludes halogenated alkanes) is 7. The molecule has 0 unspecified atom stereocenters. The van der Waals surface area contributed by atoms with Crippen LogP contribution in [0.1, 0.15) is 91.9 Å². The van der Waals surface area contributed by atoms with Crippen LogP contribution in [-0.4, -0.2) is 12.6 Å². The van der Waals surface area contributed by atoms with Crippen molar-refractivity contribution in [2.75, 3.05) is 6.61 Å². The van der Waals surface area contributed by atoms with Crippen LogP contribution in [0.3, 0.4) is 0 Å². The first kappa shape index (κ1) is 18.5. The first-order chi connectivity index (χ1) is 9.04. The summed E-state index contributed by atoms with van der Waals surface area (Å²) in [5.74, 6) is -0.0144. The summed E-state index contributed by atoms with van der Waals surface area (Å²) in [4.78, 5) is 12.0. The fourth-order valence-electron chi connectivity index (χ4n) is 2.16. The average Bonchev–Trinajstić information content (AvgIpc) is 2.38. The second-order valence-electron chi connectivity index (χ2n) is 6.24. The minimum absolute atomic E-state index is 0.0144. The number of ether oxygens (including phenoxy) is 1. The van der Waals surface area contributed by atoms with Crippen molar-refractivity contribution in [1.29, 1.82) is 0 Å². The van der Waals surface area contributed by atoms with Gasteiger partial charge in [0.25, 0.3) is 0 Å². The molecule has 0 aliphatic rings. The molecular weight excluding hydrogens is 236 g/mol. The van der Waals surface area contributed by atoms with Gasteiger partial charge in [0.05, 0.1) is 12.0 Å². The highest BCUT2D eigenvalue weighted by molar-refractivity contribution is 5.75. The van der Waals surface area contributed by atoms with E-state index >= 15 is 0 Å². The molecule has 0 amide bonds. The highest BCUT2D eigenvalue weighted by Crippen LogP contribution is 2.26. The van der Waals surface area contributed by atoms with Gasteiger partial charge in [-0.1, -0.05) is 65.2 Å². The standard InChI is InChI=1S/C17H34O2/c1-5-7-9-11-12-14-17(3,4)16(18)19-15-13-10-8-6-2/h5-15H2,1-4H3. The third-order valence-electron chi connectivity index (χ3n) is 3.69. The molecule has 0 radical (unpaired) electrons. The van der Waals surface area contributed by atoms with Gasteiger partial charge < -0.3 is 4.74 Å². The van der Waals surface area contributed by atoms with Crippen molar-refractivity contribution in [3.8, 4) is 0 Å². The molecular formula is C17H34O2. The molecule has 0 aromatic carbocycles. The van der Waals surface area contributed by atoms with Gasteiger partial charge in [-0.15, -0.1) is 0 Å². The summed E-state index contributed by atoms with van der Waals surface area (Å²) in [7, 11) is 0. The number of hydrogen-bond acceptors (Lipinski definition) is 2. The van der Waals surface area contributed by atoms with E-state index < -0.39 is 0 Å². The van der Waals surface area contributed by atoms with E-state index in [-0.39, 0.29) is 11.4 Å². The van der Waals surface area contributed by atoms with E-state index in [9.17, 15) is 4.79 Å². The second-order valence-corrected chi connectivity index (χ2v) is 6.24. The Morgan fingerprint density at radius 2 is 1.37 bits per heavy atom. The minimum Gasteiger partial charge on any atom is -0.465 e. The van der Waals surface area contributed by atoms with Gasteiger partial charge in [-0.25, -0.2) is 0 Å². The Labute approximate surface area is 120 Å². The Hall–Kier alpha value is -0.530. The Bertz CT molecular complexity index is 221. The maximum Gasteiger partial charge on any atom is 0.311 e. The Morgan fingerprint density at radius 1 is 0.842 bits per heavy atom. The van der Waals surface area contributed by atoms with Crippen LogP contribution >= 0.6 is 0 Å². The highest BCUT2D eigenvalue weighted by atomic mass is 16.5. The molecule has 0 bridgehead atoms. The van der Waals surface area contributed by atoms with Crippen molar-refractivity contribution >= 4 is 5.97 Å². The number of carbonyl (C=O) groups excluding carboxylic acids is 1. The molecule has 19 heavy (non-hydrogen) atoms. The third kappa shape index (κ3) is 9.98. The predicted octanol–water partition coefficient (Wildman–Crippen LogP) is 5.50. The first-order valence-electron chi connectivity index (χ1n) is 8.21. The molecule has 0 heterocycles. The van der Waals surface area contributed by atoms with Gasteiger partial charge >= 0.3 is 5.97 Å². The Morgan fingerprint density at radius 3 is 1.95 bits per heavy atom.